The number of rotatable bonds is 4. The van der Waals surface area contributed by atoms with Crippen LogP contribution in [0.4, 0.5) is 13.2 Å². The van der Waals surface area contributed by atoms with E-state index < -0.39 is 11.7 Å². The van der Waals surface area contributed by atoms with Gasteiger partial charge in [-0.3, -0.25) is 4.79 Å². The normalized spacial score (nSPS) is 13.5. The van der Waals surface area contributed by atoms with Crippen molar-refractivity contribution < 1.29 is 18.0 Å². The highest BCUT2D eigenvalue weighted by molar-refractivity contribution is 14.1. The van der Waals surface area contributed by atoms with E-state index in [9.17, 15) is 18.0 Å². The van der Waals surface area contributed by atoms with Crippen molar-refractivity contribution >= 4 is 26.4 Å². The second-order valence-corrected chi connectivity index (χ2v) is 4.87. The van der Waals surface area contributed by atoms with Crippen molar-refractivity contribution in [3.63, 3.8) is 0 Å². The van der Waals surface area contributed by atoms with Crippen LogP contribution in [0.2, 0.25) is 0 Å². The molecule has 94 valence electrons. The number of halogens is 4. The van der Waals surface area contributed by atoms with Crippen LogP contribution in [0, 0.1) is 5.92 Å². The Morgan fingerprint density at radius 1 is 1.29 bits per heavy atom. The second-order valence-electron chi connectivity index (χ2n) is 3.81. The van der Waals surface area contributed by atoms with E-state index in [1.54, 1.807) is 22.6 Å². The number of carbonyl (C=O) groups excluding carboxylic acids is 1. The molecular formula is C12H12F3IO. The van der Waals surface area contributed by atoms with Crippen LogP contribution in [-0.4, -0.2) is 3.79 Å². The lowest BCUT2D eigenvalue weighted by Gasteiger charge is -2.11. The Bertz CT molecular complexity index is 384. The van der Waals surface area contributed by atoms with Gasteiger partial charge in [0, 0.05) is 5.92 Å². The van der Waals surface area contributed by atoms with Crippen molar-refractivity contribution in [2.45, 2.75) is 25.9 Å². The van der Waals surface area contributed by atoms with E-state index >= 15 is 0 Å². The van der Waals surface area contributed by atoms with Gasteiger partial charge in [0.25, 0.3) is 0 Å². The summed E-state index contributed by atoms with van der Waals surface area (Å²) in [5.41, 5.74) is 0.102. The average molecular weight is 356 g/mol. The number of carbonyl (C=O) groups is 1. The van der Waals surface area contributed by atoms with Crippen LogP contribution in [0.25, 0.3) is 0 Å². The summed E-state index contributed by atoms with van der Waals surface area (Å²) in [5, 5.41) is 0. The largest absolute Gasteiger partial charge is 0.416 e. The summed E-state index contributed by atoms with van der Waals surface area (Å²) in [4.78, 5) is 11.2. The van der Waals surface area contributed by atoms with Gasteiger partial charge in [-0.05, 0) is 53.1 Å². The quantitative estimate of drug-likeness (QED) is 0.583. The van der Waals surface area contributed by atoms with Crippen molar-refractivity contribution in [1.82, 2.24) is 0 Å². The lowest BCUT2D eigenvalue weighted by atomic mass is 9.97. The minimum atomic E-state index is -4.30. The summed E-state index contributed by atoms with van der Waals surface area (Å²) >= 11 is 1.73. The molecule has 0 heterocycles. The number of hydrogen-bond acceptors (Lipinski definition) is 1. The lowest BCUT2D eigenvalue weighted by Crippen LogP contribution is -2.11. The van der Waals surface area contributed by atoms with Crippen LogP contribution < -0.4 is 0 Å². The molecule has 5 heteroatoms. The standard InChI is InChI=1S/C12H12F3IO/c1-2-9(11(16)17)7-8-3-5-10(6-4-8)12(13,14)15/h3-6,9H,2,7H2,1H3/t9-/m1/s1. The smallest absolute Gasteiger partial charge is 0.287 e. The van der Waals surface area contributed by atoms with Gasteiger partial charge in [0.1, 0.15) is 0 Å². The molecular weight excluding hydrogens is 344 g/mol. The third kappa shape index (κ3) is 4.29. The fourth-order valence-electron chi connectivity index (χ4n) is 1.50. The molecule has 0 radical (unpaired) electrons. The molecule has 0 aromatic heterocycles. The van der Waals surface area contributed by atoms with Crippen molar-refractivity contribution in [2.75, 3.05) is 0 Å². The Labute approximate surface area is 112 Å². The van der Waals surface area contributed by atoms with Gasteiger partial charge in [0.05, 0.1) is 5.56 Å². The summed E-state index contributed by atoms with van der Waals surface area (Å²) in [6.45, 7) is 1.89. The minimum Gasteiger partial charge on any atom is -0.287 e. The Hall–Kier alpha value is -0.590. The third-order valence-corrected chi connectivity index (χ3v) is 3.46. The zero-order valence-electron chi connectivity index (χ0n) is 9.22. The highest BCUT2D eigenvalue weighted by Gasteiger charge is 2.30. The van der Waals surface area contributed by atoms with E-state index in [1.807, 2.05) is 6.92 Å². The van der Waals surface area contributed by atoms with E-state index in [0.717, 1.165) is 17.7 Å². The van der Waals surface area contributed by atoms with E-state index in [2.05, 4.69) is 0 Å². The third-order valence-electron chi connectivity index (χ3n) is 2.58. The summed E-state index contributed by atoms with van der Waals surface area (Å²) in [5.74, 6) is -0.118. The molecule has 1 aromatic rings. The average Bonchev–Trinajstić information content (AvgIpc) is 2.25. The summed E-state index contributed by atoms with van der Waals surface area (Å²) < 4.78 is 37.0. The Kier molecular flexibility index (Phi) is 4.97. The maximum Gasteiger partial charge on any atom is 0.416 e. The molecule has 0 spiro atoms. The zero-order chi connectivity index (χ0) is 13.1. The summed E-state index contributed by atoms with van der Waals surface area (Å²) in [6, 6.07) is 4.98. The van der Waals surface area contributed by atoms with Gasteiger partial charge in [-0.1, -0.05) is 19.1 Å². The van der Waals surface area contributed by atoms with Gasteiger partial charge in [0.2, 0.25) is 0 Å². The van der Waals surface area contributed by atoms with Crippen LogP contribution in [0.3, 0.4) is 0 Å². The first-order chi connectivity index (χ1) is 7.84. The van der Waals surface area contributed by atoms with Crippen molar-refractivity contribution in [1.29, 1.82) is 0 Å². The maximum absolute atomic E-state index is 12.3. The minimum absolute atomic E-state index is 0.0463. The molecule has 1 aromatic carbocycles. The van der Waals surface area contributed by atoms with E-state index in [-0.39, 0.29) is 9.71 Å². The van der Waals surface area contributed by atoms with Gasteiger partial charge in [-0.2, -0.15) is 13.2 Å². The highest BCUT2D eigenvalue weighted by Crippen LogP contribution is 2.29. The number of hydrogen-bond donors (Lipinski definition) is 0. The first-order valence-electron chi connectivity index (χ1n) is 5.20. The van der Waals surface area contributed by atoms with Gasteiger partial charge in [-0.25, -0.2) is 0 Å². The topological polar surface area (TPSA) is 17.1 Å². The molecule has 1 nitrogen and oxygen atoms in total. The van der Waals surface area contributed by atoms with E-state index in [1.165, 1.54) is 12.1 Å². The van der Waals surface area contributed by atoms with Crippen molar-refractivity contribution in [3.8, 4) is 0 Å². The number of alkyl halides is 3. The molecule has 0 aliphatic rings. The van der Waals surface area contributed by atoms with Gasteiger partial charge in [-0.15, -0.1) is 0 Å². The predicted molar refractivity (Wildman–Crippen MR) is 68.0 cm³/mol. The Morgan fingerprint density at radius 2 is 1.82 bits per heavy atom. The monoisotopic (exact) mass is 356 g/mol. The molecule has 0 unspecified atom stereocenters. The number of benzene rings is 1. The Morgan fingerprint density at radius 3 is 2.18 bits per heavy atom. The van der Waals surface area contributed by atoms with Crippen molar-refractivity contribution in [2.24, 2.45) is 5.92 Å². The van der Waals surface area contributed by atoms with E-state index in [0.29, 0.717) is 12.8 Å². The SMILES string of the molecule is CC[C@H](Cc1ccc(C(F)(F)F)cc1)C(=O)I. The van der Waals surface area contributed by atoms with Crippen LogP contribution >= 0.6 is 22.6 Å². The van der Waals surface area contributed by atoms with Crippen LogP contribution in [0.1, 0.15) is 24.5 Å². The van der Waals surface area contributed by atoms with E-state index in [4.69, 9.17) is 0 Å². The van der Waals surface area contributed by atoms with Gasteiger partial charge < -0.3 is 0 Å². The molecule has 0 saturated heterocycles. The molecule has 0 fully saturated rings. The van der Waals surface area contributed by atoms with Crippen LogP contribution in [0.5, 0.6) is 0 Å². The molecule has 0 bridgehead atoms. The highest BCUT2D eigenvalue weighted by atomic mass is 127. The molecule has 17 heavy (non-hydrogen) atoms. The summed E-state index contributed by atoms with van der Waals surface area (Å²) in [7, 11) is 0. The fraction of sp³-hybridized carbons (Fsp3) is 0.417. The van der Waals surface area contributed by atoms with Crippen LogP contribution in [-0.2, 0) is 17.4 Å². The molecule has 1 rings (SSSR count). The van der Waals surface area contributed by atoms with Gasteiger partial charge in [0.15, 0.2) is 3.79 Å². The van der Waals surface area contributed by atoms with Crippen LogP contribution in [0.15, 0.2) is 24.3 Å². The lowest BCUT2D eigenvalue weighted by molar-refractivity contribution is -0.137. The fourth-order valence-corrected chi connectivity index (χ4v) is 2.16. The van der Waals surface area contributed by atoms with Crippen molar-refractivity contribution in [3.05, 3.63) is 35.4 Å². The maximum atomic E-state index is 12.3. The summed E-state index contributed by atoms with van der Waals surface area (Å²) in [6.07, 6.45) is -3.11. The molecule has 0 saturated carbocycles. The first-order valence-corrected chi connectivity index (χ1v) is 6.28. The second kappa shape index (κ2) is 5.84. The molecule has 0 aliphatic heterocycles. The first kappa shape index (κ1) is 14.5. The molecule has 1 atom stereocenters. The van der Waals surface area contributed by atoms with Gasteiger partial charge >= 0.3 is 6.18 Å². The Balaban J connectivity index is 2.78. The predicted octanol–water partition coefficient (Wildman–Crippen LogP) is 4.24. The molecule has 0 aliphatic carbocycles. The molecule has 0 amide bonds. The zero-order valence-corrected chi connectivity index (χ0v) is 11.4. The molecule has 0 N–H and O–H groups in total.